The van der Waals surface area contributed by atoms with Gasteiger partial charge in [0.2, 0.25) is 5.91 Å². The number of aliphatic hydroxyl groups excluding tert-OH is 1. The molecule has 7 nitrogen and oxygen atoms in total. The Labute approximate surface area is 217 Å². The minimum Gasteiger partial charge on any atom is -0.394 e. The highest BCUT2D eigenvalue weighted by atomic mass is 32.2. The summed E-state index contributed by atoms with van der Waals surface area (Å²) in [6.07, 6.45) is 6.24. The van der Waals surface area contributed by atoms with Crippen LogP contribution >= 0.6 is 0 Å². The van der Waals surface area contributed by atoms with E-state index in [1.54, 1.807) is 0 Å². The molecule has 1 atom stereocenters. The normalized spacial score (nSPS) is 14.0. The number of nitrogens with zero attached hydrogens (tertiary/aromatic N) is 3. The second-order valence-corrected chi connectivity index (χ2v) is 10.4. The number of nitrogens with two attached hydrogens (primary N) is 1. The van der Waals surface area contributed by atoms with Crippen LogP contribution in [0.5, 0.6) is 0 Å². The number of carbonyl (C=O) groups is 1. The quantitative estimate of drug-likeness (QED) is 0.408. The van der Waals surface area contributed by atoms with E-state index >= 15 is 0 Å². The highest BCUT2D eigenvalue weighted by molar-refractivity contribution is 7.86. The third-order valence-corrected chi connectivity index (χ3v) is 7.32. The number of carbonyl (C=O) groups excluding carboxylic acids is 1. The topological polar surface area (TPSA) is 101 Å². The third kappa shape index (κ3) is 7.59. The van der Waals surface area contributed by atoms with Crippen molar-refractivity contribution < 1.29 is 14.6 Å². The molecule has 1 amide bonds. The maximum absolute atomic E-state index is 13.2. The number of aliphatic imine (C=N–C) groups is 1. The van der Waals surface area contributed by atoms with Crippen LogP contribution in [-0.4, -0.2) is 67.5 Å². The average Bonchev–Trinajstić information content (AvgIpc) is 3.05. The Morgan fingerprint density at radius 1 is 1.14 bits per heavy atom. The zero-order valence-corrected chi connectivity index (χ0v) is 22.4. The molecule has 2 aromatic rings. The van der Waals surface area contributed by atoms with Gasteiger partial charge in [0, 0.05) is 35.5 Å². The van der Waals surface area contributed by atoms with Gasteiger partial charge in [-0.1, -0.05) is 48.8 Å². The number of amidine groups is 1. The highest BCUT2D eigenvalue weighted by Gasteiger charge is 2.21. The molecule has 1 aliphatic rings. The fourth-order valence-electron chi connectivity index (χ4n) is 4.10. The van der Waals surface area contributed by atoms with E-state index in [0.29, 0.717) is 37.6 Å². The van der Waals surface area contributed by atoms with E-state index in [0.717, 1.165) is 53.2 Å². The van der Waals surface area contributed by atoms with Gasteiger partial charge in [0.25, 0.3) is 0 Å². The van der Waals surface area contributed by atoms with E-state index < -0.39 is 0 Å². The van der Waals surface area contributed by atoms with Gasteiger partial charge < -0.3 is 20.5 Å². The van der Waals surface area contributed by atoms with Crippen LogP contribution in [0.2, 0.25) is 0 Å². The Hall–Kier alpha value is -2.81. The lowest BCUT2D eigenvalue weighted by Gasteiger charge is -2.22. The smallest absolute Gasteiger partial charge is 0.250 e. The monoisotopic (exact) mass is 510 g/mol. The molecule has 2 aromatic carbocycles. The summed E-state index contributed by atoms with van der Waals surface area (Å²) in [6.45, 7) is 7.12. The van der Waals surface area contributed by atoms with Crippen LogP contribution in [0.15, 0.2) is 62.3 Å². The highest BCUT2D eigenvalue weighted by Crippen LogP contribution is 2.32. The maximum atomic E-state index is 13.2. The molecule has 1 unspecified atom stereocenters. The molecule has 36 heavy (non-hydrogen) atoms. The number of amides is 1. The van der Waals surface area contributed by atoms with Gasteiger partial charge in [-0.15, -0.1) is 0 Å². The maximum Gasteiger partial charge on any atom is 0.250 e. The molecule has 0 radical (unpaired) electrons. The van der Waals surface area contributed by atoms with Crippen molar-refractivity contribution in [1.29, 1.82) is 0 Å². The van der Waals surface area contributed by atoms with E-state index in [9.17, 15) is 4.79 Å². The van der Waals surface area contributed by atoms with Crippen molar-refractivity contribution in [2.24, 2.45) is 15.1 Å². The number of aliphatic hydroxyl groups is 1. The Morgan fingerprint density at radius 3 is 2.61 bits per heavy atom. The molecule has 194 valence electrons. The van der Waals surface area contributed by atoms with Crippen molar-refractivity contribution in [3.8, 4) is 11.1 Å². The van der Waals surface area contributed by atoms with E-state index in [-0.39, 0.29) is 23.2 Å². The largest absolute Gasteiger partial charge is 0.394 e. The molecule has 8 heteroatoms. The number of ether oxygens (including phenoxy) is 1. The molecule has 0 saturated heterocycles. The van der Waals surface area contributed by atoms with Crippen LogP contribution < -0.4 is 5.73 Å². The summed E-state index contributed by atoms with van der Waals surface area (Å²) in [5, 5.41) is 8.81. The third-order valence-electron chi connectivity index (χ3n) is 5.81. The van der Waals surface area contributed by atoms with Gasteiger partial charge >= 0.3 is 0 Å². The first kappa shape index (κ1) is 27.8. The van der Waals surface area contributed by atoms with Gasteiger partial charge in [0.05, 0.1) is 32.1 Å². The van der Waals surface area contributed by atoms with Gasteiger partial charge in [-0.25, -0.2) is 4.99 Å². The Bertz CT molecular complexity index is 1140. The summed E-state index contributed by atoms with van der Waals surface area (Å²) in [5.41, 5.74) is 10.7. The first-order valence-electron chi connectivity index (χ1n) is 12.6. The van der Waals surface area contributed by atoms with E-state index in [2.05, 4.69) is 49.4 Å². The number of benzene rings is 2. The van der Waals surface area contributed by atoms with Crippen molar-refractivity contribution >= 4 is 34.2 Å². The summed E-state index contributed by atoms with van der Waals surface area (Å²) >= 11 is 0. The Balaban J connectivity index is 1.85. The van der Waals surface area contributed by atoms with E-state index in [1.807, 2.05) is 29.2 Å². The molecule has 0 aromatic heterocycles. The second kappa shape index (κ2) is 14.1. The van der Waals surface area contributed by atoms with Gasteiger partial charge in [-0.2, -0.15) is 0 Å². The lowest BCUT2D eigenvalue weighted by atomic mass is 10.0. The van der Waals surface area contributed by atoms with Crippen molar-refractivity contribution in [2.45, 2.75) is 38.0 Å². The van der Waals surface area contributed by atoms with Gasteiger partial charge in [-0.3, -0.25) is 9.16 Å². The minimum absolute atomic E-state index is 0.0277. The molecular weight excluding hydrogens is 472 g/mol. The number of hydrogen-bond donors (Lipinski definition) is 2. The van der Waals surface area contributed by atoms with Crippen LogP contribution in [0.1, 0.15) is 38.7 Å². The van der Waals surface area contributed by atoms with Crippen LogP contribution in [-0.2, 0) is 20.2 Å². The van der Waals surface area contributed by atoms with E-state index in [1.165, 1.54) is 0 Å². The standard InChI is InChI=1S/C28H38N4O3S/c1-4-12-32(13-5-2)28(34)24-17-23-10-9-22(19-26(23)31-27(29)20-24)21-7-6-8-25(18-21)36(3)30-11-15-35-16-14-33/h6-10,17-19,33H,4-5,11-16,20H2,1-3H3,(H2,29,31). The molecule has 3 N–H and O–H groups in total. The lowest BCUT2D eigenvalue weighted by Crippen LogP contribution is -2.34. The van der Waals surface area contributed by atoms with Crippen LogP contribution in [0.4, 0.5) is 5.69 Å². The summed E-state index contributed by atoms with van der Waals surface area (Å²) in [7, 11) is -0.268. The van der Waals surface area contributed by atoms with E-state index in [4.69, 9.17) is 19.9 Å². The summed E-state index contributed by atoms with van der Waals surface area (Å²) in [4.78, 5) is 20.9. The van der Waals surface area contributed by atoms with Gasteiger partial charge in [0.1, 0.15) is 5.84 Å². The van der Waals surface area contributed by atoms with Crippen molar-refractivity contribution in [2.75, 3.05) is 45.7 Å². The van der Waals surface area contributed by atoms with Crippen molar-refractivity contribution in [3.05, 3.63) is 53.6 Å². The second-order valence-electron chi connectivity index (χ2n) is 8.71. The molecule has 1 heterocycles. The van der Waals surface area contributed by atoms with Gasteiger partial charge in [0.15, 0.2) is 0 Å². The Morgan fingerprint density at radius 2 is 1.89 bits per heavy atom. The predicted octanol–water partition coefficient (Wildman–Crippen LogP) is 4.58. The summed E-state index contributed by atoms with van der Waals surface area (Å²) in [5.74, 6) is 0.492. The molecule has 0 fully saturated rings. The minimum atomic E-state index is -0.268. The summed E-state index contributed by atoms with van der Waals surface area (Å²) in [6, 6.07) is 14.5. The number of rotatable bonds is 12. The first-order chi connectivity index (χ1) is 17.5. The van der Waals surface area contributed by atoms with Crippen LogP contribution in [0.3, 0.4) is 0 Å². The zero-order valence-electron chi connectivity index (χ0n) is 21.6. The van der Waals surface area contributed by atoms with Crippen molar-refractivity contribution in [3.63, 3.8) is 0 Å². The van der Waals surface area contributed by atoms with Crippen molar-refractivity contribution in [1.82, 2.24) is 4.90 Å². The molecule has 0 aliphatic carbocycles. The first-order valence-corrected chi connectivity index (χ1v) is 14.1. The average molecular weight is 511 g/mol. The fourth-order valence-corrected chi connectivity index (χ4v) is 5.18. The molecule has 0 spiro atoms. The number of fused-ring (bicyclic) bond motifs is 1. The fraction of sp³-hybridized carbons (Fsp3) is 0.429. The molecular formula is C28H38N4O3S. The SMILES string of the molecule is CCCN(CCC)C(=O)C1=Cc2ccc(-c3cccc(/S(C)=N/CCOCCO)c3)cc2N=C(N)C1. The van der Waals surface area contributed by atoms with Crippen LogP contribution in [0.25, 0.3) is 17.2 Å². The molecule has 0 bridgehead atoms. The lowest BCUT2D eigenvalue weighted by molar-refractivity contribution is -0.127. The van der Waals surface area contributed by atoms with Gasteiger partial charge in [-0.05, 0) is 54.5 Å². The van der Waals surface area contributed by atoms with Crippen LogP contribution in [0, 0.1) is 0 Å². The molecule has 1 aliphatic heterocycles. The molecule has 3 rings (SSSR count). The Kier molecular flexibility index (Phi) is 10.8. The predicted molar refractivity (Wildman–Crippen MR) is 150 cm³/mol. The molecule has 0 saturated carbocycles. The summed E-state index contributed by atoms with van der Waals surface area (Å²) < 4.78 is 10.0. The number of hydrogen-bond acceptors (Lipinski definition) is 6. The zero-order chi connectivity index (χ0) is 25.9.